The van der Waals surface area contributed by atoms with Crippen LogP contribution in [0.1, 0.15) is 44.6 Å². The monoisotopic (exact) mass is 402 g/mol. The van der Waals surface area contributed by atoms with Crippen molar-refractivity contribution in [2.75, 3.05) is 33.9 Å². The van der Waals surface area contributed by atoms with Crippen molar-refractivity contribution < 1.29 is 14.3 Å². The van der Waals surface area contributed by atoms with Crippen LogP contribution in [0, 0.1) is 5.92 Å². The molecule has 0 saturated heterocycles. The number of amides is 1. The van der Waals surface area contributed by atoms with Gasteiger partial charge in [0.25, 0.3) is 0 Å². The van der Waals surface area contributed by atoms with Gasteiger partial charge < -0.3 is 25.8 Å². The second-order valence-electron chi connectivity index (χ2n) is 7.50. The largest absolute Gasteiger partial charge is 0.493 e. The van der Waals surface area contributed by atoms with E-state index in [4.69, 9.17) is 15.2 Å². The highest BCUT2D eigenvalue weighted by Crippen LogP contribution is 2.49. The van der Waals surface area contributed by atoms with E-state index < -0.39 is 0 Å². The number of aliphatic imine (C=N–C) groups is 1. The highest BCUT2D eigenvalue weighted by Gasteiger charge is 2.44. The zero-order chi connectivity index (χ0) is 21.2. The summed E-state index contributed by atoms with van der Waals surface area (Å²) in [7, 11) is 3.24. The first-order valence-electron chi connectivity index (χ1n) is 10.1. The lowest BCUT2D eigenvalue weighted by Gasteiger charge is -2.10. The molecular formula is C22H34N4O3. The molecule has 7 heteroatoms. The minimum Gasteiger partial charge on any atom is -0.493 e. The number of nitrogens with two attached hydrogens (primary N) is 1. The number of hydrogen-bond acceptors (Lipinski definition) is 4. The van der Waals surface area contributed by atoms with Crippen molar-refractivity contribution in [3.05, 3.63) is 35.4 Å². The molecule has 1 aromatic rings. The van der Waals surface area contributed by atoms with Crippen molar-refractivity contribution in [1.82, 2.24) is 10.6 Å². The third-order valence-corrected chi connectivity index (χ3v) is 4.93. The lowest BCUT2D eigenvalue weighted by atomic mass is 10.1. The first kappa shape index (κ1) is 22.6. The standard InChI is InChI=1S/C22H34N4O3/c1-15(2)9-12-26-22(23)25-11-6-5-10-24-21(27)18-14-17(18)16-7-8-19(28-3)20(13-16)29-4/h7-9,13,17-18H,5-6,10-12,14H2,1-4H3,(H,24,27)(H3,23,25,26)/t17-,18+/m1/s1. The van der Waals surface area contributed by atoms with Crippen LogP contribution in [0.15, 0.2) is 34.8 Å². The van der Waals surface area contributed by atoms with Gasteiger partial charge in [0, 0.05) is 19.0 Å². The number of methoxy groups -OCH3 is 2. The summed E-state index contributed by atoms with van der Waals surface area (Å²) in [6.45, 7) is 6.08. The average Bonchev–Trinajstić information content (AvgIpc) is 3.50. The van der Waals surface area contributed by atoms with Gasteiger partial charge in [0.15, 0.2) is 17.5 Å². The molecule has 0 bridgehead atoms. The van der Waals surface area contributed by atoms with E-state index in [1.54, 1.807) is 14.2 Å². The van der Waals surface area contributed by atoms with Crippen molar-refractivity contribution in [1.29, 1.82) is 0 Å². The van der Waals surface area contributed by atoms with Crippen molar-refractivity contribution in [3.8, 4) is 11.5 Å². The number of carbonyl (C=O) groups is 1. The number of nitrogens with zero attached hydrogens (tertiary/aromatic N) is 1. The predicted octanol–water partition coefficient (Wildman–Crippen LogP) is 2.57. The van der Waals surface area contributed by atoms with E-state index >= 15 is 0 Å². The van der Waals surface area contributed by atoms with Crippen molar-refractivity contribution in [2.24, 2.45) is 16.6 Å². The third kappa shape index (κ3) is 7.33. The normalized spacial score (nSPS) is 18.0. The molecule has 0 unspecified atom stereocenters. The number of allylic oxidation sites excluding steroid dienone is 1. The summed E-state index contributed by atoms with van der Waals surface area (Å²) in [4.78, 5) is 16.6. The maximum Gasteiger partial charge on any atom is 0.223 e. The quantitative estimate of drug-likeness (QED) is 0.229. The minimum atomic E-state index is 0.0454. The van der Waals surface area contributed by atoms with Crippen LogP contribution in [0.4, 0.5) is 0 Å². The molecule has 1 aliphatic carbocycles. The highest BCUT2D eigenvalue weighted by atomic mass is 16.5. The van der Waals surface area contributed by atoms with Gasteiger partial charge in [-0.15, -0.1) is 0 Å². The van der Waals surface area contributed by atoms with E-state index in [-0.39, 0.29) is 17.7 Å². The number of guanidine groups is 1. The summed E-state index contributed by atoms with van der Waals surface area (Å²) in [5, 5.41) is 6.13. The van der Waals surface area contributed by atoms with E-state index in [9.17, 15) is 4.79 Å². The first-order valence-corrected chi connectivity index (χ1v) is 10.1. The van der Waals surface area contributed by atoms with Crippen LogP contribution < -0.4 is 25.8 Å². The Morgan fingerprint density at radius 2 is 1.86 bits per heavy atom. The van der Waals surface area contributed by atoms with E-state index in [0.717, 1.165) is 31.4 Å². The van der Waals surface area contributed by atoms with Gasteiger partial charge in [0.2, 0.25) is 5.91 Å². The van der Waals surface area contributed by atoms with E-state index in [0.29, 0.717) is 30.5 Å². The van der Waals surface area contributed by atoms with Gasteiger partial charge in [-0.1, -0.05) is 17.7 Å². The zero-order valence-electron chi connectivity index (χ0n) is 18.0. The molecule has 7 nitrogen and oxygen atoms in total. The number of carbonyl (C=O) groups excluding carboxylic acids is 1. The van der Waals surface area contributed by atoms with E-state index in [1.165, 1.54) is 5.57 Å². The number of ether oxygens (including phenoxy) is 2. The molecule has 1 aliphatic rings. The Bertz CT molecular complexity index is 742. The summed E-state index contributed by atoms with van der Waals surface area (Å²) in [6, 6.07) is 5.86. The van der Waals surface area contributed by atoms with Crippen LogP contribution in [0.5, 0.6) is 11.5 Å². The van der Waals surface area contributed by atoms with Crippen LogP contribution in [0.3, 0.4) is 0 Å². The van der Waals surface area contributed by atoms with Crippen molar-refractivity contribution >= 4 is 11.9 Å². The van der Waals surface area contributed by atoms with Gasteiger partial charge >= 0.3 is 0 Å². The van der Waals surface area contributed by atoms with Crippen LogP contribution in [-0.2, 0) is 4.79 Å². The second-order valence-corrected chi connectivity index (χ2v) is 7.50. The molecule has 0 aromatic heterocycles. The van der Waals surface area contributed by atoms with Crippen molar-refractivity contribution in [3.63, 3.8) is 0 Å². The fourth-order valence-corrected chi connectivity index (χ4v) is 3.13. The van der Waals surface area contributed by atoms with E-state index in [2.05, 4.69) is 15.6 Å². The molecule has 1 aromatic carbocycles. The molecule has 0 radical (unpaired) electrons. The predicted molar refractivity (Wildman–Crippen MR) is 117 cm³/mol. The Morgan fingerprint density at radius 1 is 1.17 bits per heavy atom. The molecule has 0 aliphatic heterocycles. The van der Waals surface area contributed by atoms with Crippen LogP contribution in [0.2, 0.25) is 0 Å². The zero-order valence-corrected chi connectivity index (χ0v) is 18.0. The lowest BCUT2D eigenvalue weighted by molar-refractivity contribution is -0.122. The molecule has 4 N–H and O–H groups in total. The van der Waals surface area contributed by atoms with Gasteiger partial charge in [0.05, 0.1) is 20.8 Å². The Hall–Kier alpha value is -2.70. The molecule has 1 amide bonds. The first-order chi connectivity index (χ1) is 14.0. The van der Waals surface area contributed by atoms with E-state index in [1.807, 2.05) is 38.1 Å². The number of hydrogen-bond donors (Lipinski definition) is 3. The Kier molecular flexibility index (Phi) is 8.83. The highest BCUT2D eigenvalue weighted by molar-refractivity contribution is 5.83. The summed E-state index contributed by atoms with van der Waals surface area (Å²) in [5.74, 6) is 2.29. The molecule has 0 spiro atoms. The van der Waals surface area contributed by atoms with Crippen molar-refractivity contribution in [2.45, 2.75) is 39.0 Å². The smallest absolute Gasteiger partial charge is 0.223 e. The molecular weight excluding hydrogens is 368 g/mol. The minimum absolute atomic E-state index is 0.0454. The van der Waals surface area contributed by atoms with Crippen LogP contribution >= 0.6 is 0 Å². The third-order valence-electron chi connectivity index (χ3n) is 4.93. The van der Waals surface area contributed by atoms with Crippen LogP contribution in [0.25, 0.3) is 0 Å². The average molecular weight is 403 g/mol. The molecule has 2 atom stereocenters. The fraction of sp³-hybridized carbons (Fsp3) is 0.545. The Labute approximate surface area is 173 Å². The topological polar surface area (TPSA) is 98.0 Å². The second kappa shape index (κ2) is 11.3. The molecule has 2 rings (SSSR count). The maximum atomic E-state index is 12.4. The molecule has 160 valence electrons. The van der Waals surface area contributed by atoms with Gasteiger partial charge in [0.1, 0.15) is 0 Å². The molecule has 1 fully saturated rings. The number of benzene rings is 1. The van der Waals surface area contributed by atoms with Gasteiger partial charge in [-0.05, 0) is 56.7 Å². The Morgan fingerprint density at radius 3 is 2.52 bits per heavy atom. The van der Waals surface area contributed by atoms with Gasteiger partial charge in [-0.2, -0.15) is 0 Å². The summed E-state index contributed by atoms with van der Waals surface area (Å²) in [6.07, 6.45) is 4.72. The summed E-state index contributed by atoms with van der Waals surface area (Å²) >= 11 is 0. The molecule has 1 saturated carbocycles. The fourth-order valence-electron chi connectivity index (χ4n) is 3.13. The van der Waals surface area contributed by atoms with Gasteiger partial charge in [-0.3, -0.25) is 4.79 Å². The number of rotatable bonds is 11. The number of nitrogens with one attached hydrogen (secondary N) is 2. The summed E-state index contributed by atoms with van der Waals surface area (Å²) < 4.78 is 10.6. The SMILES string of the molecule is COc1ccc([C@H]2C[C@@H]2C(=O)NCCCCNC(N)=NCC=C(C)C)cc1OC. The number of unbranched alkanes of at least 4 members (excludes halogenated alkanes) is 1. The Balaban J connectivity index is 1.63. The van der Waals surface area contributed by atoms with Crippen LogP contribution in [-0.4, -0.2) is 45.7 Å². The molecule has 29 heavy (non-hydrogen) atoms. The lowest BCUT2D eigenvalue weighted by Crippen LogP contribution is -2.33. The maximum absolute atomic E-state index is 12.4. The van der Waals surface area contributed by atoms with Gasteiger partial charge in [-0.25, -0.2) is 4.99 Å². The summed E-state index contributed by atoms with van der Waals surface area (Å²) in [5.41, 5.74) is 8.15. The molecule has 0 heterocycles.